The molecule has 0 radical (unpaired) electrons. The highest BCUT2D eigenvalue weighted by atomic mass is 19.1. The molecule has 0 saturated carbocycles. The molecule has 5 aromatic rings. The fraction of sp³-hybridized carbons (Fsp3) is 0.368. The third kappa shape index (κ3) is 7.22. The summed E-state index contributed by atoms with van der Waals surface area (Å²) >= 11 is 0. The molecule has 8 rings (SSSR count). The number of anilines is 2. The number of H-pyrrole nitrogens is 1. The molecule has 13 nitrogen and oxygen atoms in total. The van der Waals surface area contributed by atoms with Gasteiger partial charge >= 0.3 is 0 Å². The Morgan fingerprint density at radius 1 is 0.846 bits per heavy atom. The molecule has 0 aliphatic carbocycles. The third-order valence-corrected chi connectivity index (χ3v) is 10.5. The number of aromatic amines is 1. The van der Waals surface area contributed by atoms with Gasteiger partial charge in [-0.15, -0.1) is 0 Å². The van der Waals surface area contributed by atoms with Crippen LogP contribution in [0.15, 0.2) is 79.4 Å². The fourth-order valence-corrected chi connectivity index (χ4v) is 7.65. The highest BCUT2D eigenvalue weighted by molar-refractivity contribution is 6.00. The molecule has 3 aliphatic rings. The van der Waals surface area contributed by atoms with E-state index in [0.29, 0.717) is 51.5 Å². The lowest BCUT2D eigenvalue weighted by Gasteiger charge is -2.37. The van der Waals surface area contributed by atoms with Gasteiger partial charge in [0.25, 0.3) is 0 Å². The van der Waals surface area contributed by atoms with Gasteiger partial charge in [-0.3, -0.25) is 29.5 Å². The predicted octanol–water partition coefficient (Wildman–Crippen LogP) is 3.11. The molecule has 1 atom stereocenters. The number of rotatable bonds is 9. The normalized spacial score (nSPS) is 20.0. The van der Waals surface area contributed by atoms with Crippen LogP contribution in [0.4, 0.5) is 15.8 Å². The second-order valence-electron chi connectivity index (χ2n) is 13.9. The zero-order valence-corrected chi connectivity index (χ0v) is 29.0. The minimum absolute atomic E-state index is 0.0140. The largest absolute Gasteiger partial charge is 0.368 e. The monoisotopic (exact) mass is 703 g/mol. The zero-order valence-electron chi connectivity index (χ0n) is 29.0. The van der Waals surface area contributed by atoms with Crippen LogP contribution in [-0.4, -0.2) is 130 Å². The van der Waals surface area contributed by atoms with E-state index in [1.54, 1.807) is 12.4 Å². The Balaban J connectivity index is 0.908. The van der Waals surface area contributed by atoms with Gasteiger partial charge in [-0.2, -0.15) is 5.10 Å². The number of carbonyl (C=O) groups excluding carboxylic acids is 2. The van der Waals surface area contributed by atoms with E-state index in [2.05, 4.69) is 50.5 Å². The molecular formula is C38H42FN11O2. The van der Waals surface area contributed by atoms with E-state index in [0.717, 1.165) is 78.4 Å². The van der Waals surface area contributed by atoms with Crippen LogP contribution in [0.5, 0.6) is 0 Å². The van der Waals surface area contributed by atoms with Crippen molar-refractivity contribution in [1.82, 2.24) is 45.2 Å². The summed E-state index contributed by atoms with van der Waals surface area (Å²) in [6.45, 7) is 8.40. The summed E-state index contributed by atoms with van der Waals surface area (Å²) in [6, 6.07) is 17.6. The molecular weight excluding hydrogens is 661 g/mol. The van der Waals surface area contributed by atoms with Crippen LogP contribution >= 0.6 is 0 Å². The maximum absolute atomic E-state index is 14.3. The number of aromatic nitrogens is 5. The fourth-order valence-electron chi connectivity index (χ4n) is 7.65. The molecule has 0 spiro atoms. The number of amides is 2. The molecule has 3 aliphatic heterocycles. The van der Waals surface area contributed by atoms with Gasteiger partial charge in [0.1, 0.15) is 5.69 Å². The zero-order chi connectivity index (χ0) is 35.5. The molecule has 1 unspecified atom stereocenters. The first-order valence-electron chi connectivity index (χ1n) is 17.9. The Morgan fingerprint density at radius 2 is 1.60 bits per heavy atom. The van der Waals surface area contributed by atoms with Crippen molar-refractivity contribution in [3.8, 4) is 22.6 Å². The van der Waals surface area contributed by atoms with Crippen molar-refractivity contribution in [3.05, 3.63) is 85.2 Å². The minimum Gasteiger partial charge on any atom is -0.368 e. The number of carbonyl (C=O) groups is 2. The Kier molecular flexibility index (Phi) is 9.58. The number of halogens is 1. The lowest BCUT2D eigenvalue weighted by atomic mass is 9.84. The molecule has 3 N–H and O–H groups in total. The summed E-state index contributed by atoms with van der Waals surface area (Å²) in [5.74, 6) is 0.0932. The van der Waals surface area contributed by atoms with Crippen molar-refractivity contribution in [3.63, 3.8) is 0 Å². The summed E-state index contributed by atoms with van der Waals surface area (Å²) in [6.07, 6.45) is 6.50. The van der Waals surface area contributed by atoms with Crippen molar-refractivity contribution in [2.45, 2.75) is 6.42 Å². The molecule has 3 fully saturated rings. The number of nitrogens with one attached hydrogen (secondary N) is 3. The average Bonchev–Trinajstić information content (AvgIpc) is 3.80. The minimum atomic E-state index is -0.652. The first kappa shape index (κ1) is 33.8. The molecule has 3 aromatic heterocycles. The summed E-state index contributed by atoms with van der Waals surface area (Å²) in [5, 5.41) is 15.2. The Bertz CT molecular complexity index is 2010. The maximum atomic E-state index is 14.3. The Labute approximate surface area is 301 Å². The van der Waals surface area contributed by atoms with E-state index in [1.807, 2.05) is 59.5 Å². The van der Waals surface area contributed by atoms with Crippen molar-refractivity contribution >= 4 is 34.1 Å². The lowest BCUT2D eigenvalue weighted by molar-refractivity contribution is -0.133. The topological polar surface area (TPSA) is 139 Å². The van der Waals surface area contributed by atoms with Gasteiger partial charge < -0.3 is 20.4 Å². The van der Waals surface area contributed by atoms with Crippen molar-refractivity contribution in [1.29, 1.82) is 0 Å². The van der Waals surface area contributed by atoms with Crippen molar-refractivity contribution < 1.29 is 14.0 Å². The molecule has 2 amide bonds. The SMILES string of the molecule is O=C(CN1CCC(CN2CCNCC2)(C(=O)Nc2ccc3[nH]nc(-c4ccncc4)c3c2)C1)N1CCN(c2ccc(-c3ncc(F)cn3)cc2)CC1. The van der Waals surface area contributed by atoms with E-state index in [4.69, 9.17) is 0 Å². The van der Waals surface area contributed by atoms with Crippen molar-refractivity contribution in [2.75, 3.05) is 88.8 Å². The molecule has 3 saturated heterocycles. The second kappa shape index (κ2) is 14.7. The summed E-state index contributed by atoms with van der Waals surface area (Å²) in [7, 11) is 0. The molecule has 14 heteroatoms. The van der Waals surface area contributed by atoms with Crippen LogP contribution in [0.3, 0.4) is 0 Å². The lowest BCUT2D eigenvalue weighted by Crippen LogP contribution is -2.53. The molecule has 2 aromatic carbocycles. The average molecular weight is 704 g/mol. The van der Waals surface area contributed by atoms with Crippen LogP contribution in [-0.2, 0) is 9.59 Å². The molecule has 268 valence electrons. The highest BCUT2D eigenvalue weighted by Gasteiger charge is 2.46. The smallest absolute Gasteiger partial charge is 0.236 e. The van der Waals surface area contributed by atoms with Crippen molar-refractivity contribution in [2.24, 2.45) is 5.41 Å². The highest BCUT2D eigenvalue weighted by Crippen LogP contribution is 2.35. The predicted molar refractivity (Wildman–Crippen MR) is 197 cm³/mol. The van der Waals surface area contributed by atoms with Gasteiger partial charge in [0.2, 0.25) is 11.8 Å². The Morgan fingerprint density at radius 3 is 2.35 bits per heavy atom. The number of nitrogens with zero attached hydrogens (tertiary/aromatic N) is 8. The number of fused-ring (bicyclic) bond motifs is 1. The first-order chi connectivity index (χ1) is 25.4. The summed E-state index contributed by atoms with van der Waals surface area (Å²) < 4.78 is 13.2. The number of pyridine rings is 1. The standard InChI is InChI=1S/C38H42FN11O2/c39-29-22-42-36(43-23-29)28-1-4-31(5-2-28)49-17-19-50(20-18-49)34(51)24-48-14-9-38(26-48,25-47-15-12-41-13-16-47)37(52)44-30-3-6-33-32(21-30)35(46-45-33)27-7-10-40-11-8-27/h1-8,10-11,21-23,41H,9,12-20,24-26H2,(H,44,52)(H,45,46). The van der Waals surface area contributed by atoms with E-state index < -0.39 is 11.2 Å². The van der Waals surface area contributed by atoms with E-state index in [1.165, 1.54) is 12.4 Å². The quantitative estimate of drug-likeness (QED) is 0.210. The second-order valence-corrected chi connectivity index (χ2v) is 13.9. The van der Waals surface area contributed by atoms with Gasteiger partial charge in [-0.1, -0.05) is 0 Å². The molecule has 0 bridgehead atoms. The molecule has 6 heterocycles. The maximum Gasteiger partial charge on any atom is 0.236 e. The van der Waals surface area contributed by atoms with Gasteiger partial charge in [0.05, 0.1) is 29.9 Å². The van der Waals surface area contributed by atoms with Crippen LogP contribution in [0.25, 0.3) is 33.5 Å². The summed E-state index contributed by atoms with van der Waals surface area (Å²) in [4.78, 5) is 49.0. The number of hydrogen-bond acceptors (Lipinski definition) is 10. The van der Waals surface area contributed by atoms with Gasteiger partial charge in [-0.05, 0) is 67.6 Å². The van der Waals surface area contributed by atoms with Gasteiger partial charge in [-0.25, -0.2) is 14.4 Å². The van der Waals surface area contributed by atoms with Gasteiger partial charge in [0, 0.05) is 106 Å². The Hall–Kier alpha value is -5.31. The summed E-state index contributed by atoms with van der Waals surface area (Å²) in [5.41, 5.74) is 4.60. The van der Waals surface area contributed by atoms with Gasteiger partial charge in [0.15, 0.2) is 11.6 Å². The van der Waals surface area contributed by atoms with E-state index in [9.17, 15) is 14.0 Å². The number of hydrogen-bond donors (Lipinski definition) is 3. The molecule has 52 heavy (non-hydrogen) atoms. The van der Waals surface area contributed by atoms with Crippen LogP contribution in [0, 0.1) is 11.2 Å². The van der Waals surface area contributed by atoms with Crippen LogP contribution in [0.2, 0.25) is 0 Å². The number of benzene rings is 2. The number of piperazine rings is 2. The number of likely N-dealkylation sites (tertiary alicyclic amines) is 1. The van der Waals surface area contributed by atoms with Crippen LogP contribution in [0.1, 0.15) is 6.42 Å². The first-order valence-corrected chi connectivity index (χ1v) is 17.9. The van der Waals surface area contributed by atoms with E-state index >= 15 is 0 Å². The van der Waals surface area contributed by atoms with E-state index in [-0.39, 0.29) is 11.8 Å². The van der Waals surface area contributed by atoms with Crippen LogP contribution < -0.4 is 15.5 Å². The third-order valence-electron chi connectivity index (χ3n) is 10.5.